The molecule has 2 rings (SSSR count). The zero-order chi connectivity index (χ0) is 12.1. The van der Waals surface area contributed by atoms with E-state index in [4.69, 9.17) is 4.74 Å². The molecule has 0 saturated carbocycles. The molecule has 2 aromatic rings. The van der Waals surface area contributed by atoms with Crippen molar-refractivity contribution in [2.75, 3.05) is 12.4 Å². The molecule has 0 aliphatic rings. The molecule has 0 saturated heterocycles. The third kappa shape index (κ3) is 3.10. The van der Waals surface area contributed by atoms with Crippen LogP contribution in [-0.2, 0) is 6.54 Å². The van der Waals surface area contributed by atoms with Gasteiger partial charge >= 0.3 is 0 Å². The fourth-order valence-electron chi connectivity index (χ4n) is 1.32. The molecule has 6 nitrogen and oxygen atoms in total. The smallest absolute Gasteiger partial charge is 0.226 e. The largest absolute Gasteiger partial charge is 0.481 e. The third-order valence-electron chi connectivity index (χ3n) is 2.11. The van der Waals surface area contributed by atoms with Crippen LogP contribution in [0.2, 0.25) is 0 Å². The van der Waals surface area contributed by atoms with Gasteiger partial charge in [-0.05, 0) is 13.0 Å². The SMILES string of the molecule is COc1cc(C)nc(NCc2ccncn2)n1. The number of methoxy groups -OCH3 is 1. The molecule has 6 heteroatoms. The molecule has 0 atom stereocenters. The highest BCUT2D eigenvalue weighted by molar-refractivity contribution is 5.31. The summed E-state index contributed by atoms with van der Waals surface area (Å²) in [6.45, 7) is 2.44. The van der Waals surface area contributed by atoms with E-state index in [-0.39, 0.29) is 0 Å². The van der Waals surface area contributed by atoms with Crippen LogP contribution >= 0.6 is 0 Å². The van der Waals surface area contributed by atoms with E-state index in [0.717, 1.165) is 11.4 Å². The highest BCUT2D eigenvalue weighted by atomic mass is 16.5. The predicted octanol–water partition coefficient (Wildman–Crippen LogP) is 1.20. The molecule has 2 aromatic heterocycles. The highest BCUT2D eigenvalue weighted by Crippen LogP contribution is 2.11. The Morgan fingerprint density at radius 2 is 2.24 bits per heavy atom. The van der Waals surface area contributed by atoms with Crippen LogP contribution in [0.1, 0.15) is 11.4 Å². The van der Waals surface area contributed by atoms with Gasteiger partial charge in [0.05, 0.1) is 19.3 Å². The quantitative estimate of drug-likeness (QED) is 0.852. The van der Waals surface area contributed by atoms with E-state index >= 15 is 0 Å². The maximum atomic E-state index is 5.07. The number of anilines is 1. The van der Waals surface area contributed by atoms with Crippen molar-refractivity contribution in [1.82, 2.24) is 19.9 Å². The van der Waals surface area contributed by atoms with Gasteiger partial charge in [-0.2, -0.15) is 4.98 Å². The fourth-order valence-corrected chi connectivity index (χ4v) is 1.32. The number of aryl methyl sites for hydroxylation is 1. The molecular formula is C11H13N5O. The lowest BCUT2D eigenvalue weighted by Gasteiger charge is -2.06. The molecule has 0 spiro atoms. The molecular weight excluding hydrogens is 218 g/mol. The molecule has 17 heavy (non-hydrogen) atoms. The van der Waals surface area contributed by atoms with Crippen LogP contribution in [-0.4, -0.2) is 27.0 Å². The summed E-state index contributed by atoms with van der Waals surface area (Å²) in [5, 5.41) is 3.08. The number of hydrogen-bond donors (Lipinski definition) is 1. The van der Waals surface area contributed by atoms with Crippen molar-refractivity contribution in [3.63, 3.8) is 0 Å². The Morgan fingerprint density at radius 3 is 2.94 bits per heavy atom. The molecule has 0 radical (unpaired) electrons. The van der Waals surface area contributed by atoms with E-state index in [1.54, 1.807) is 19.4 Å². The molecule has 0 bridgehead atoms. The Balaban J connectivity index is 2.06. The van der Waals surface area contributed by atoms with Gasteiger partial charge in [-0.25, -0.2) is 15.0 Å². The monoisotopic (exact) mass is 231 g/mol. The predicted molar refractivity (Wildman–Crippen MR) is 62.7 cm³/mol. The van der Waals surface area contributed by atoms with Crippen LogP contribution in [0, 0.1) is 6.92 Å². The van der Waals surface area contributed by atoms with E-state index in [1.165, 1.54) is 6.33 Å². The molecule has 0 amide bonds. The standard InChI is InChI=1S/C11H13N5O/c1-8-5-10(17-2)16-11(15-8)13-6-9-3-4-12-7-14-9/h3-5,7H,6H2,1-2H3,(H,13,15,16). The number of nitrogens with one attached hydrogen (secondary N) is 1. The maximum absolute atomic E-state index is 5.07. The Morgan fingerprint density at radius 1 is 1.35 bits per heavy atom. The molecule has 0 fully saturated rings. The summed E-state index contributed by atoms with van der Waals surface area (Å²) in [5.41, 5.74) is 1.73. The van der Waals surface area contributed by atoms with Crippen molar-refractivity contribution >= 4 is 5.95 Å². The minimum atomic E-state index is 0.528. The molecule has 2 heterocycles. The minimum Gasteiger partial charge on any atom is -0.481 e. The van der Waals surface area contributed by atoms with Crippen molar-refractivity contribution in [3.8, 4) is 5.88 Å². The summed E-state index contributed by atoms with van der Waals surface area (Å²) in [5.74, 6) is 1.07. The summed E-state index contributed by atoms with van der Waals surface area (Å²) in [6.07, 6.45) is 3.20. The second-order valence-electron chi connectivity index (χ2n) is 3.43. The van der Waals surface area contributed by atoms with E-state index in [1.807, 2.05) is 13.0 Å². The van der Waals surface area contributed by atoms with Crippen LogP contribution in [0.3, 0.4) is 0 Å². The zero-order valence-corrected chi connectivity index (χ0v) is 9.71. The van der Waals surface area contributed by atoms with E-state index in [9.17, 15) is 0 Å². The number of rotatable bonds is 4. The highest BCUT2D eigenvalue weighted by Gasteiger charge is 2.02. The minimum absolute atomic E-state index is 0.528. The Hall–Kier alpha value is -2.24. The van der Waals surface area contributed by atoms with Crippen LogP contribution < -0.4 is 10.1 Å². The van der Waals surface area contributed by atoms with Gasteiger partial charge in [-0.1, -0.05) is 0 Å². The molecule has 1 N–H and O–H groups in total. The molecule has 0 aliphatic carbocycles. The topological polar surface area (TPSA) is 72.8 Å². The maximum Gasteiger partial charge on any atom is 0.226 e. The lowest BCUT2D eigenvalue weighted by Crippen LogP contribution is -2.06. The number of ether oxygens (including phenoxy) is 1. The van der Waals surface area contributed by atoms with Crippen molar-refractivity contribution in [2.45, 2.75) is 13.5 Å². The second-order valence-corrected chi connectivity index (χ2v) is 3.43. The Bertz CT molecular complexity index is 488. The van der Waals surface area contributed by atoms with E-state index in [2.05, 4.69) is 25.3 Å². The Kier molecular flexibility index (Phi) is 3.44. The first kappa shape index (κ1) is 11.3. The number of nitrogens with zero attached hydrogens (tertiary/aromatic N) is 4. The van der Waals surface area contributed by atoms with Gasteiger partial charge in [-0.15, -0.1) is 0 Å². The molecule has 88 valence electrons. The van der Waals surface area contributed by atoms with Gasteiger partial charge in [0.2, 0.25) is 11.8 Å². The first-order chi connectivity index (χ1) is 8.28. The van der Waals surface area contributed by atoms with Gasteiger partial charge in [0.15, 0.2) is 0 Å². The van der Waals surface area contributed by atoms with Gasteiger partial charge < -0.3 is 10.1 Å². The fraction of sp³-hybridized carbons (Fsp3) is 0.273. The summed E-state index contributed by atoms with van der Waals surface area (Å²) < 4.78 is 5.07. The number of aromatic nitrogens is 4. The molecule has 0 aliphatic heterocycles. The van der Waals surface area contributed by atoms with E-state index < -0.39 is 0 Å². The van der Waals surface area contributed by atoms with Gasteiger partial charge in [-0.3, -0.25) is 0 Å². The third-order valence-corrected chi connectivity index (χ3v) is 2.11. The van der Waals surface area contributed by atoms with Crippen molar-refractivity contribution in [2.24, 2.45) is 0 Å². The summed E-state index contributed by atoms with van der Waals surface area (Å²) in [7, 11) is 1.58. The first-order valence-electron chi connectivity index (χ1n) is 5.16. The normalized spacial score (nSPS) is 10.0. The summed E-state index contributed by atoms with van der Waals surface area (Å²) >= 11 is 0. The summed E-state index contributed by atoms with van der Waals surface area (Å²) in [6, 6.07) is 3.61. The van der Waals surface area contributed by atoms with Gasteiger partial charge in [0.25, 0.3) is 0 Å². The lowest BCUT2D eigenvalue weighted by molar-refractivity contribution is 0.397. The number of hydrogen-bond acceptors (Lipinski definition) is 6. The Labute approximate surface area is 99.1 Å². The summed E-state index contributed by atoms with van der Waals surface area (Å²) in [4.78, 5) is 16.4. The van der Waals surface area contributed by atoms with Gasteiger partial charge in [0, 0.05) is 18.0 Å². The van der Waals surface area contributed by atoms with Crippen LogP contribution in [0.15, 0.2) is 24.7 Å². The lowest BCUT2D eigenvalue weighted by atomic mass is 10.4. The van der Waals surface area contributed by atoms with Crippen LogP contribution in [0.4, 0.5) is 5.95 Å². The first-order valence-corrected chi connectivity index (χ1v) is 5.16. The zero-order valence-electron chi connectivity index (χ0n) is 9.71. The van der Waals surface area contributed by atoms with Crippen LogP contribution in [0.25, 0.3) is 0 Å². The van der Waals surface area contributed by atoms with Crippen molar-refractivity contribution in [3.05, 3.63) is 36.0 Å². The molecule has 0 unspecified atom stereocenters. The van der Waals surface area contributed by atoms with E-state index in [0.29, 0.717) is 18.4 Å². The average Bonchev–Trinajstić information content (AvgIpc) is 2.37. The van der Waals surface area contributed by atoms with Crippen molar-refractivity contribution in [1.29, 1.82) is 0 Å². The van der Waals surface area contributed by atoms with Crippen LogP contribution in [0.5, 0.6) is 5.88 Å². The second kappa shape index (κ2) is 5.20. The van der Waals surface area contributed by atoms with Crippen molar-refractivity contribution < 1.29 is 4.74 Å². The average molecular weight is 231 g/mol. The van der Waals surface area contributed by atoms with Gasteiger partial charge in [0.1, 0.15) is 6.33 Å². The molecule has 0 aromatic carbocycles.